The van der Waals surface area contributed by atoms with Crippen molar-refractivity contribution >= 4 is 12.0 Å². The molecule has 3 aromatic rings. The first-order chi connectivity index (χ1) is 15.1. The molecule has 1 aliphatic heterocycles. The molecule has 0 N–H and O–H groups in total. The van der Waals surface area contributed by atoms with Gasteiger partial charge in [0, 0.05) is 44.2 Å². The Bertz CT molecular complexity index is 1030. The summed E-state index contributed by atoms with van der Waals surface area (Å²) in [7, 11) is 0. The number of aryl methyl sites for hydroxylation is 3. The van der Waals surface area contributed by atoms with Crippen molar-refractivity contribution in [2.24, 2.45) is 0 Å². The Balaban J connectivity index is 1.18. The smallest absolute Gasteiger partial charge is 0.246 e. The average Bonchev–Trinajstić information content (AvgIpc) is 3.42. The monoisotopic (exact) mass is 420 g/mol. The van der Waals surface area contributed by atoms with Gasteiger partial charge in [0.1, 0.15) is 11.5 Å². The predicted octanol–water partition coefficient (Wildman–Crippen LogP) is 3.74. The van der Waals surface area contributed by atoms with Crippen LogP contribution in [0.1, 0.15) is 29.4 Å². The standard InChI is InChI=1S/C24H28N4O3/c1-18-5-8-20(9-6-18)24-25-22(31-26-24)4-3-13-27-14-16-28(17-15-27)23(29)12-11-21-10-7-19(2)30-21/h5-12H,3-4,13-17H2,1-2H3/b12-11+. The van der Waals surface area contributed by atoms with Gasteiger partial charge in [0.25, 0.3) is 0 Å². The maximum absolute atomic E-state index is 12.4. The van der Waals surface area contributed by atoms with Gasteiger partial charge in [-0.2, -0.15) is 4.98 Å². The van der Waals surface area contributed by atoms with E-state index in [-0.39, 0.29) is 5.91 Å². The van der Waals surface area contributed by atoms with Crippen LogP contribution in [-0.4, -0.2) is 58.6 Å². The molecular weight excluding hydrogens is 392 g/mol. The topological polar surface area (TPSA) is 75.6 Å². The summed E-state index contributed by atoms with van der Waals surface area (Å²) in [6.07, 6.45) is 5.02. The molecule has 4 rings (SSSR count). The van der Waals surface area contributed by atoms with Gasteiger partial charge in [-0.05, 0) is 45.0 Å². The van der Waals surface area contributed by atoms with Crippen molar-refractivity contribution in [2.45, 2.75) is 26.7 Å². The van der Waals surface area contributed by atoms with Crippen molar-refractivity contribution in [3.05, 3.63) is 65.4 Å². The number of rotatable bonds is 7. The molecule has 2 aromatic heterocycles. The van der Waals surface area contributed by atoms with Gasteiger partial charge in [0.2, 0.25) is 17.6 Å². The fourth-order valence-corrected chi connectivity index (χ4v) is 3.62. The lowest BCUT2D eigenvalue weighted by Crippen LogP contribution is -2.48. The molecule has 7 nitrogen and oxygen atoms in total. The second kappa shape index (κ2) is 9.75. The summed E-state index contributed by atoms with van der Waals surface area (Å²) in [5.41, 5.74) is 2.18. The van der Waals surface area contributed by atoms with Gasteiger partial charge >= 0.3 is 0 Å². The summed E-state index contributed by atoms with van der Waals surface area (Å²) < 4.78 is 10.9. The van der Waals surface area contributed by atoms with Gasteiger partial charge in [0.05, 0.1) is 0 Å². The van der Waals surface area contributed by atoms with E-state index in [4.69, 9.17) is 8.94 Å². The first-order valence-electron chi connectivity index (χ1n) is 10.7. The molecule has 1 fully saturated rings. The average molecular weight is 421 g/mol. The van der Waals surface area contributed by atoms with E-state index < -0.39 is 0 Å². The van der Waals surface area contributed by atoms with Crippen molar-refractivity contribution in [1.29, 1.82) is 0 Å². The van der Waals surface area contributed by atoms with Crippen LogP contribution < -0.4 is 0 Å². The quantitative estimate of drug-likeness (QED) is 0.542. The summed E-state index contributed by atoms with van der Waals surface area (Å²) in [5, 5.41) is 4.09. The molecular formula is C24H28N4O3. The number of carbonyl (C=O) groups excluding carboxylic acids is 1. The second-order valence-electron chi connectivity index (χ2n) is 7.93. The third-order valence-electron chi connectivity index (χ3n) is 5.48. The zero-order valence-electron chi connectivity index (χ0n) is 18.1. The highest BCUT2D eigenvalue weighted by Crippen LogP contribution is 2.17. The van der Waals surface area contributed by atoms with Crippen LogP contribution in [0.2, 0.25) is 0 Å². The Labute approximate surface area is 182 Å². The maximum atomic E-state index is 12.4. The number of piperazine rings is 1. The highest BCUT2D eigenvalue weighted by Gasteiger charge is 2.19. The van der Waals surface area contributed by atoms with E-state index in [1.807, 2.05) is 48.2 Å². The Hall–Kier alpha value is -3.19. The number of hydrogen-bond donors (Lipinski definition) is 0. The fraction of sp³-hybridized carbons (Fsp3) is 0.375. The van der Waals surface area contributed by atoms with Crippen molar-refractivity contribution in [3.8, 4) is 11.4 Å². The molecule has 1 aliphatic rings. The van der Waals surface area contributed by atoms with E-state index in [0.29, 0.717) is 17.5 Å². The molecule has 162 valence electrons. The minimum Gasteiger partial charge on any atom is -0.462 e. The number of amides is 1. The second-order valence-corrected chi connectivity index (χ2v) is 7.93. The van der Waals surface area contributed by atoms with Crippen LogP contribution in [0.5, 0.6) is 0 Å². The van der Waals surface area contributed by atoms with Crippen molar-refractivity contribution in [2.75, 3.05) is 32.7 Å². The molecule has 1 aromatic carbocycles. The molecule has 1 amide bonds. The Morgan fingerprint density at radius 1 is 1.06 bits per heavy atom. The van der Waals surface area contributed by atoms with E-state index >= 15 is 0 Å². The lowest BCUT2D eigenvalue weighted by Gasteiger charge is -2.34. The number of benzene rings is 1. The first-order valence-corrected chi connectivity index (χ1v) is 10.7. The molecule has 0 unspecified atom stereocenters. The van der Waals surface area contributed by atoms with Crippen LogP contribution in [-0.2, 0) is 11.2 Å². The van der Waals surface area contributed by atoms with Gasteiger partial charge in [-0.1, -0.05) is 35.0 Å². The van der Waals surface area contributed by atoms with Crippen molar-refractivity contribution in [3.63, 3.8) is 0 Å². The van der Waals surface area contributed by atoms with Gasteiger partial charge in [0.15, 0.2) is 0 Å². The van der Waals surface area contributed by atoms with Crippen molar-refractivity contribution < 1.29 is 13.7 Å². The highest BCUT2D eigenvalue weighted by atomic mass is 16.5. The van der Waals surface area contributed by atoms with Crippen molar-refractivity contribution in [1.82, 2.24) is 19.9 Å². The van der Waals surface area contributed by atoms with Crippen LogP contribution in [0.3, 0.4) is 0 Å². The number of carbonyl (C=O) groups is 1. The summed E-state index contributed by atoms with van der Waals surface area (Å²) in [6.45, 7) is 8.11. The van der Waals surface area contributed by atoms with Crippen LogP contribution >= 0.6 is 0 Å². The number of furan rings is 1. The summed E-state index contributed by atoms with van der Waals surface area (Å²) in [6, 6.07) is 11.9. The summed E-state index contributed by atoms with van der Waals surface area (Å²) in [4.78, 5) is 21.1. The molecule has 31 heavy (non-hydrogen) atoms. The largest absolute Gasteiger partial charge is 0.462 e. The molecule has 0 saturated carbocycles. The first kappa shape index (κ1) is 21.1. The SMILES string of the molecule is Cc1ccc(-c2noc(CCCN3CCN(C(=O)/C=C/c4ccc(C)o4)CC3)n2)cc1. The van der Waals surface area contributed by atoms with Gasteiger partial charge in [-0.25, -0.2) is 0 Å². The van der Waals surface area contributed by atoms with Crippen LogP contribution in [0.25, 0.3) is 17.5 Å². The van der Waals surface area contributed by atoms with E-state index in [1.54, 1.807) is 12.2 Å². The molecule has 3 heterocycles. The van der Waals surface area contributed by atoms with E-state index in [0.717, 1.165) is 56.9 Å². The molecule has 1 saturated heterocycles. The highest BCUT2D eigenvalue weighted by molar-refractivity contribution is 5.91. The molecule has 0 spiro atoms. The zero-order chi connectivity index (χ0) is 21.6. The normalized spacial score (nSPS) is 15.1. The molecule has 0 atom stereocenters. The Morgan fingerprint density at radius 2 is 1.84 bits per heavy atom. The van der Waals surface area contributed by atoms with Gasteiger partial charge < -0.3 is 13.8 Å². The zero-order valence-corrected chi connectivity index (χ0v) is 18.1. The summed E-state index contributed by atoms with van der Waals surface area (Å²) >= 11 is 0. The maximum Gasteiger partial charge on any atom is 0.246 e. The minimum absolute atomic E-state index is 0.0307. The number of hydrogen-bond acceptors (Lipinski definition) is 6. The van der Waals surface area contributed by atoms with E-state index in [1.165, 1.54) is 5.56 Å². The Morgan fingerprint density at radius 3 is 2.55 bits per heavy atom. The van der Waals surface area contributed by atoms with Crippen LogP contribution in [0.15, 0.2) is 51.4 Å². The van der Waals surface area contributed by atoms with E-state index in [9.17, 15) is 4.79 Å². The van der Waals surface area contributed by atoms with E-state index in [2.05, 4.69) is 22.0 Å². The third kappa shape index (κ3) is 5.70. The Kier molecular flexibility index (Phi) is 6.62. The minimum atomic E-state index is 0.0307. The lowest BCUT2D eigenvalue weighted by atomic mass is 10.1. The summed E-state index contributed by atoms with van der Waals surface area (Å²) in [5.74, 6) is 2.88. The predicted molar refractivity (Wildman–Crippen MR) is 118 cm³/mol. The van der Waals surface area contributed by atoms with Crippen LogP contribution in [0, 0.1) is 13.8 Å². The molecule has 7 heteroatoms. The third-order valence-corrected chi connectivity index (χ3v) is 5.48. The number of nitrogens with zero attached hydrogens (tertiary/aromatic N) is 4. The number of aromatic nitrogens is 2. The molecule has 0 aliphatic carbocycles. The van der Waals surface area contributed by atoms with Crippen LogP contribution in [0.4, 0.5) is 0 Å². The fourth-order valence-electron chi connectivity index (χ4n) is 3.62. The molecule has 0 bridgehead atoms. The lowest BCUT2D eigenvalue weighted by molar-refractivity contribution is -0.127. The van der Waals surface area contributed by atoms with Gasteiger partial charge in [-0.15, -0.1) is 0 Å². The van der Waals surface area contributed by atoms with Gasteiger partial charge in [-0.3, -0.25) is 9.69 Å². The molecule has 0 radical (unpaired) electrons.